The van der Waals surface area contributed by atoms with Crippen LogP contribution in [0.2, 0.25) is 0 Å². The summed E-state index contributed by atoms with van der Waals surface area (Å²) in [5.41, 5.74) is 4.25. The number of hydrogen-bond donors (Lipinski definition) is 5. The number of amides is 4. The third kappa shape index (κ3) is 10.1. The van der Waals surface area contributed by atoms with E-state index in [1.54, 1.807) is 10.9 Å². The number of pyridine rings is 1. The zero-order chi connectivity index (χ0) is 41.5. The molecule has 0 aliphatic carbocycles. The van der Waals surface area contributed by atoms with Crippen LogP contribution in [0, 0.1) is 6.92 Å². The Balaban J connectivity index is 0.946. The third-order valence-electron chi connectivity index (χ3n) is 9.85. The van der Waals surface area contributed by atoms with Crippen LogP contribution in [0.5, 0.6) is 5.75 Å². The van der Waals surface area contributed by atoms with Gasteiger partial charge in [0.1, 0.15) is 35.5 Å². The van der Waals surface area contributed by atoms with E-state index in [0.29, 0.717) is 68.2 Å². The van der Waals surface area contributed by atoms with Crippen molar-refractivity contribution < 1.29 is 24.2 Å². The van der Waals surface area contributed by atoms with E-state index in [1.165, 1.54) is 17.3 Å². The Morgan fingerprint density at radius 1 is 0.831 bits per heavy atom. The monoisotopic (exact) mass is 797 g/mol. The molecule has 0 radical (unpaired) electrons. The lowest BCUT2D eigenvalue weighted by Gasteiger charge is -2.32. The Labute approximate surface area is 341 Å². The van der Waals surface area contributed by atoms with Gasteiger partial charge in [0.15, 0.2) is 0 Å². The van der Waals surface area contributed by atoms with Gasteiger partial charge in [-0.05, 0) is 48.9 Å². The van der Waals surface area contributed by atoms with Gasteiger partial charge in [0, 0.05) is 67.7 Å². The molecule has 1 fully saturated rings. The van der Waals surface area contributed by atoms with Crippen molar-refractivity contribution in [3.05, 3.63) is 120 Å². The van der Waals surface area contributed by atoms with Gasteiger partial charge < -0.3 is 30.7 Å². The minimum atomic E-state index is -0.909. The zero-order valence-electron chi connectivity index (χ0n) is 33.4. The molecule has 1 saturated heterocycles. The van der Waals surface area contributed by atoms with Gasteiger partial charge >= 0.3 is 12.1 Å². The molecule has 3 aromatic heterocycles. The van der Waals surface area contributed by atoms with E-state index in [2.05, 4.69) is 61.9 Å². The number of piperazine rings is 1. The summed E-state index contributed by atoms with van der Waals surface area (Å²) in [5, 5.41) is 27.6. The van der Waals surface area contributed by atoms with E-state index < -0.39 is 12.1 Å². The molecule has 16 heteroatoms. The maximum atomic E-state index is 13.5. The number of carbonyl (C=O) groups excluding carboxylic acids is 2. The zero-order valence-corrected chi connectivity index (χ0v) is 33.4. The molecule has 0 atom stereocenters. The second kappa shape index (κ2) is 17.6. The molecular weight excluding hydrogens is 751 g/mol. The molecule has 3 aromatic carbocycles. The second-order valence-electron chi connectivity index (χ2n) is 15.3. The van der Waals surface area contributed by atoms with Crippen LogP contribution in [0.15, 0.2) is 97.5 Å². The number of benzene rings is 3. The first-order chi connectivity index (χ1) is 28.4. The molecule has 16 nitrogen and oxygen atoms in total. The summed E-state index contributed by atoms with van der Waals surface area (Å²) < 4.78 is 8.05. The van der Waals surface area contributed by atoms with Crippen LogP contribution in [-0.2, 0) is 12.0 Å². The summed E-state index contributed by atoms with van der Waals surface area (Å²) in [5.74, 6) is 1.79. The van der Waals surface area contributed by atoms with Crippen LogP contribution < -0.4 is 26.0 Å². The number of rotatable bonds is 12. The molecule has 59 heavy (non-hydrogen) atoms. The lowest BCUT2D eigenvalue weighted by molar-refractivity contribution is 0.0925. The van der Waals surface area contributed by atoms with E-state index in [1.807, 2.05) is 85.8 Å². The van der Waals surface area contributed by atoms with Crippen LogP contribution in [0.25, 0.3) is 16.5 Å². The van der Waals surface area contributed by atoms with Crippen LogP contribution in [0.1, 0.15) is 48.1 Å². The molecule has 0 unspecified atom stereocenters. The normalized spacial score (nSPS) is 13.2. The third-order valence-corrected chi connectivity index (χ3v) is 9.85. The lowest BCUT2D eigenvalue weighted by Crippen LogP contribution is -2.49. The number of carboxylic acid groups (broad SMARTS) is 1. The van der Waals surface area contributed by atoms with Gasteiger partial charge in [-0.2, -0.15) is 5.10 Å². The highest BCUT2D eigenvalue weighted by molar-refractivity contribution is 6.07. The van der Waals surface area contributed by atoms with E-state index in [4.69, 9.17) is 14.9 Å². The van der Waals surface area contributed by atoms with E-state index >= 15 is 0 Å². The molecule has 0 bridgehead atoms. The van der Waals surface area contributed by atoms with Crippen LogP contribution in [0.4, 0.5) is 32.7 Å². The fourth-order valence-corrected chi connectivity index (χ4v) is 6.51. The van der Waals surface area contributed by atoms with Crippen LogP contribution in [0.3, 0.4) is 0 Å². The predicted molar refractivity (Wildman–Crippen MR) is 226 cm³/mol. The average molecular weight is 798 g/mol. The highest BCUT2D eigenvalue weighted by Gasteiger charge is 2.23. The summed E-state index contributed by atoms with van der Waals surface area (Å²) in [7, 11) is 0. The largest absolute Gasteiger partial charge is 0.488 e. The quantitative estimate of drug-likeness (QED) is 0.0874. The number of carbonyl (C=O) groups is 3. The SMILES string of the molecule is Cc1ccc(-n2nc(C(C)(C)C)cc2NC(=O)Nc2ccc(OCc3ccnc(Nc4cnc(C(=O)NCCN5CCN(C(=O)O)CC5)cn4)c3)c3ccccc23)cc1. The summed E-state index contributed by atoms with van der Waals surface area (Å²) in [4.78, 5) is 53.7. The Hall–Kier alpha value is -7.07. The molecule has 4 amide bonds. The molecule has 4 heterocycles. The first kappa shape index (κ1) is 40.1. The Morgan fingerprint density at radius 2 is 1.59 bits per heavy atom. The van der Waals surface area contributed by atoms with Crippen molar-refractivity contribution in [2.75, 3.05) is 55.2 Å². The number of hydrogen-bond acceptors (Lipinski definition) is 10. The summed E-state index contributed by atoms with van der Waals surface area (Å²) in [6.45, 7) is 11.7. The number of nitrogens with zero attached hydrogens (tertiary/aromatic N) is 7. The number of anilines is 4. The van der Waals surface area contributed by atoms with Gasteiger partial charge in [0.2, 0.25) is 0 Å². The lowest BCUT2D eigenvalue weighted by atomic mass is 9.92. The molecule has 7 rings (SSSR count). The number of aromatic nitrogens is 5. The van der Waals surface area contributed by atoms with E-state index in [9.17, 15) is 14.4 Å². The van der Waals surface area contributed by atoms with Gasteiger partial charge in [-0.15, -0.1) is 0 Å². The second-order valence-corrected chi connectivity index (χ2v) is 15.3. The van der Waals surface area contributed by atoms with Crippen LogP contribution in [-0.4, -0.2) is 96.9 Å². The molecular formula is C43H47N11O5. The number of aryl methyl sites for hydroxylation is 1. The Kier molecular flexibility index (Phi) is 12.0. The minimum absolute atomic E-state index is 0.177. The Morgan fingerprint density at radius 3 is 2.31 bits per heavy atom. The molecule has 0 spiro atoms. The molecule has 304 valence electrons. The number of nitrogens with one attached hydrogen (secondary N) is 4. The standard InChI is InChI=1S/C43H47N11O5/c1-28-9-11-30(12-10-28)54-39(24-36(51-54)43(2,3)4)50-41(56)48-33-13-14-35(32-8-6-5-7-31(32)33)59-27-29-15-16-44-37(23-29)49-38-26-46-34(25-47-38)40(55)45-17-18-52-19-21-53(22-20-52)42(57)58/h5-16,23-26H,17-22,27H2,1-4H3,(H,45,55)(H,57,58)(H,44,47,49)(H2,48,50,56). The molecule has 1 aliphatic heterocycles. The van der Waals surface area contributed by atoms with Gasteiger partial charge in [0.05, 0.1) is 29.5 Å². The van der Waals surface area contributed by atoms with Crippen molar-refractivity contribution in [2.45, 2.75) is 39.7 Å². The number of fused-ring (bicyclic) bond motifs is 1. The molecule has 0 saturated carbocycles. The van der Waals surface area contributed by atoms with Crippen molar-refractivity contribution in [1.82, 2.24) is 39.8 Å². The number of ether oxygens (including phenoxy) is 1. The fourth-order valence-electron chi connectivity index (χ4n) is 6.51. The molecule has 6 aromatic rings. The van der Waals surface area contributed by atoms with Gasteiger partial charge in [-0.1, -0.05) is 62.7 Å². The van der Waals surface area contributed by atoms with Gasteiger partial charge in [-0.3, -0.25) is 15.0 Å². The molecule has 1 aliphatic rings. The highest BCUT2D eigenvalue weighted by atomic mass is 16.5. The van der Waals surface area contributed by atoms with Crippen molar-refractivity contribution in [3.63, 3.8) is 0 Å². The average Bonchev–Trinajstić information content (AvgIpc) is 3.66. The van der Waals surface area contributed by atoms with Gasteiger partial charge in [0.25, 0.3) is 5.91 Å². The highest BCUT2D eigenvalue weighted by Crippen LogP contribution is 2.33. The first-order valence-electron chi connectivity index (χ1n) is 19.3. The van der Waals surface area contributed by atoms with E-state index in [0.717, 1.165) is 33.3 Å². The maximum Gasteiger partial charge on any atom is 0.407 e. The number of urea groups is 1. The first-order valence-corrected chi connectivity index (χ1v) is 19.3. The van der Waals surface area contributed by atoms with Crippen molar-refractivity contribution in [2.24, 2.45) is 0 Å². The topological polar surface area (TPSA) is 192 Å². The van der Waals surface area contributed by atoms with Gasteiger partial charge in [-0.25, -0.2) is 29.2 Å². The van der Waals surface area contributed by atoms with Crippen LogP contribution >= 0.6 is 0 Å². The summed E-state index contributed by atoms with van der Waals surface area (Å²) in [6, 6.07) is 24.5. The maximum absolute atomic E-state index is 13.5. The minimum Gasteiger partial charge on any atom is -0.488 e. The molecule has 5 N–H and O–H groups in total. The van der Waals surface area contributed by atoms with Crippen molar-refractivity contribution >= 4 is 51.9 Å². The van der Waals surface area contributed by atoms with Crippen molar-refractivity contribution in [3.8, 4) is 11.4 Å². The van der Waals surface area contributed by atoms with Crippen molar-refractivity contribution in [1.29, 1.82) is 0 Å². The fraction of sp³-hybridized carbons (Fsp3) is 0.279. The Bertz CT molecular complexity index is 2440. The predicted octanol–water partition coefficient (Wildman–Crippen LogP) is 6.81. The smallest absolute Gasteiger partial charge is 0.407 e. The summed E-state index contributed by atoms with van der Waals surface area (Å²) in [6.07, 6.45) is 3.62. The summed E-state index contributed by atoms with van der Waals surface area (Å²) >= 11 is 0. The van der Waals surface area contributed by atoms with E-state index in [-0.39, 0.29) is 23.6 Å².